The van der Waals surface area contributed by atoms with Crippen molar-refractivity contribution in [1.29, 1.82) is 0 Å². The number of carbonyl (C=O) groups excluding carboxylic acids is 1. The van der Waals surface area contributed by atoms with Gasteiger partial charge in [0.1, 0.15) is 5.75 Å². The highest BCUT2D eigenvalue weighted by molar-refractivity contribution is 6.09. The third-order valence-corrected chi connectivity index (χ3v) is 5.46. The summed E-state index contributed by atoms with van der Waals surface area (Å²) in [5.41, 5.74) is 5.12. The number of aryl methyl sites for hydroxylation is 1. The Morgan fingerprint density at radius 3 is 2.69 bits per heavy atom. The molecule has 2 heterocycles. The van der Waals surface area contributed by atoms with Gasteiger partial charge in [0.25, 0.3) is 5.91 Å². The van der Waals surface area contributed by atoms with Crippen LogP contribution in [-0.4, -0.2) is 17.9 Å². The zero-order chi connectivity index (χ0) is 17.7. The van der Waals surface area contributed by atoms with Gasteiger partial charge in [-0.2, -0.15) is 0 Å². The summed E-state index contributed by atoms with van der Waals surface area (Å²) in [7, 11) is 1.87. The number of anilines is 1. The van der Waals surface area contributed by atoms with Crippen molar-refractivity contribution >= 4 is 22.5 Å². The molecule has 0 saturated carbocycles. The first-order valence-corrected chi connectivity index (χ1v) is 9.17. The van der Waals surface area contributed by atoms with Gasteiger partial charge in [-0.3, -0.25) is 9.78 Å². The molecular formula is C22H20N2O2. The number of hydrogen-bond acceptors (Lipinski definition) is 3. The van der Waals surface area contributed by atoms with Gasteiger partial charge in [-0.15, -0.1) is 0 Å². The first-order valence-electron chi connectivity index (χ1n) is 9.17. The van der Waals surface area contributed by atoms with E-state index in [0.29, 0.717) is 0 Å². The van der Waals surface area contributed by atoms with Crippen LogP contribution >= 0.6 is 0 Å². The molecule has 0 N–H and O–H groups in total. The smallest absolute Gasteiger partial charge is 0.272 e. The molecule has 26 heavy (non-hydrogen) atoms. The van der Waals surface area contributed by atoms with Crippen molar-refractivity contribution in [2.75, 3.05) is 11.9 Å². The molecule has 0 spiro atoms. The first kappa shape index (κ1) is 15.4. The molecule has 0 saturated heterocycles. The Labute approximate surface area is 152 Å². The Morgan fingerprint density at radius 1 is 1.04 bits per heavy atom. The minimum Gasteiger partial charge on any atom is -0.475 e. The van der Waals surface area contributed by atoms with E-state index in [4.69, 9.17) is 9.72 Å². The van der Waals surface area contributed by atoms with Gasteiger partial charge in [0, 0.05) is 18.3 Å². The quantitative estimate of drug-likeness (QED) is 0.664. The van der Waals surface area contributed by atoms with Crippen LogP contribution < -0.4 is 9.64 Å². The van der Waals surface area contributed by atoms with Crippen molar-refractivity contribution < 1.29 is 9.53 Å². The largest absolute Gasteiger partial charge is 0.475 e. The molecule has 4 heteroatoms. The fourth-order valence-electron chi connectivity index (χ4n) is 4.19. The maximum absolute atomic E-state index is 13.3. The molecular weight excluding hydrogens is 324 g/mol. The Hall–Kier alpha value is -2.88. The predicted molar refractivity (Wildman–Crippen MR) is 102 cm³/mol. The average Bonchev–Trinajstić information content (AvgIpc) is 2.80. The van der Waals surface area contributed by atoms with Crippen LogP contribution in [0.25, 0.3) is 10.9 Å². The summed E-state index contributed by atoms with van der Waals surface area (Å²) in [5.74, 6) is 0.706. The van der Waals surface area contributed by atoms with Gasteiger partial charge in [0.2, 0.25) is 6.10 Å². The van der Waals surface area contributed by atoms with E-state index in [0.717, 1.165) is 59.3 Å². The van der Waals surface area contributed by atoms with E-state index in [9.17, 15) is 4.79 Å². The van der Waals surface area contributed by atoms with E-state index < -0.39 is 6.10 Å². The maximum Gasteiger partial charge on any atom is 0.272 e. The number of pyridine rings is 1. The molecule has 2 aromatic carbocycles. The second-order valence-electron chi connectivity index (χ2n) is 7.05. The van der Waals surface area contributed by atoms with Crippen molar-refractivity contribution in [2.24, 2.45) is 0 Å². The second kappa shape index (κ2) is 5.84. The monoisotopic (exact) mass is 344 g/mol. The predicted octanol–water partition coefficient (Wildman–Crippen LogP) is 4.21. The van der Waals surface area contributed by atoms with Crippen molar-refractivity contribution in [2.45, 2.75) is 31.8 Å². The molecule has 4 nitrogen and oxygen atoms in total. The summed E-state index contributed by atoms with van der Waals surface area (Å²) in [4.78, 5) is 20.0. The lowest BCUT2D eigenvalue weighted by Crippen LogP contribution is -2.34. The Balaban J connectivity index is 1.77. The molecule has 1 aliphatic heterocycles. The van der Waals surface area contributed by atoms with Gasteiger partial charge in [0.05, 0.1) is 16.6 Å². The normalized spacial score (nSPS) is 19.0. The molecule has 1 atom stereocenters. The SMILES string of the molecule is CN1C(=O)C(c2ccccc2)Oc2cccc3nc4c(c1c23)CCCC4. The zero-order valence-corrected chi connectivity index (χ0v) is 14.7. The highest BCUT2D eigenvalue weighted by Gasteiger charge is 2.34. The van der Waals surface area contributed by atoms with Crippen LogP contribution in [0.5, 0.6) is 5.75 Å². The van der Waals surface area contributed by atoms with Crippen molar-refractivity contribution in [3.8, 4) is 5.75 Å². The maximum atomic E-state index is 13.3. The van der Waals surface area contributed by atoms with E-state index >= 15 is 0 Å². The molecule has 0 fully saturated rings. The van der Waals surface area contributed by atoms with Crippen LogP contribution in [0, 0.1) is 0 Å². The van der Waals surface area contributed by atoms with Gasteiger partial charge < -0.3 is 9.64 Å². The Kier molecular flexibility index (Phi) is 3.45. The van der Waals surface area contributed by atoms with Crippen LogP contribution in [0.4, 0.5) is 5.69 Å². The van der Waals surface area contributed by atoms with Gasteiger partial charge >= 0.3 is 0 Å². The lowest BCUT2D eigenvalue weighted by atomic mass is 9.92. The third-order valence-electron chi connectivity index (χ3n) is 5.46. The molecule has 0 radical (unpaired) electrons. The molecule has 0 bridgehead atoms. The summed E-state index contributed by atoms with van der Waals surface area (Å²) >= 11 is 0. The number of rotatable bonds is 1. The average molecular weight is 344 g/mol. The molecule has 1 unspecified atom stereocenters. The summed E-state index contributed by atoms with van der Waals surface area (Å²) in [6.07, 6.45) is 3.60. The minimum absolute atomic E-state index is 0.0346. The van der Waals surface area contributed by atoms with Crippen LogP contribution in [0.3, 0.4) is 0 Å². The number of carbonyl (C=O) groups is 1. The number of aromatic nitrogens is 1. The van der Waals surface area contributed by atoms with Crippen LogP contribution in [0.1, 0.15) is 35.8 Å². The highest BCUT2D eigenvalue weighted by atomic mass is 16.5. The fourth-order valence-corrected chi connectivity index (χ4v) is 4.19. The van der Waals surface area contributed by atoms with E-state index in [1.54, 1.807) is 4.90 Å². The second-order valence-corrected chi connectivity index (χ2v) is 7.05. The van der Waals surface area contributed by atoms with E-state index in [1.165, 1.54) is 5.56 Å². The lowest BCUT2D eigenvalue weighted by Gasteiger charge is -2.26. The van der Waals surface area contributed by atoms with E-state index in [2.05, 4.69) is 0 Å². The molecule has 130 valence electrons. The molecule has 1 aliphatic carbocycles. The van der Waals surface area contributed by atoms with Gasteiger partial charge in [-0.25, -0.2) is 0 Å². The van der Waals surface area contributed by atoms with E-state index in [-0.39, 0.29) is 5.91 Å². The molecule has 1 aromatic heterocycles. The van der Waals surface area contributed by atoms with Crippen LogP contribution in [0.15, 0.2) is 48.5 Å². The summed E-state index contributed by atoms with van der Waals surface area (Å²) in [6.45, 7) is 0. The Morgan fingerprint density at radius 2 is 1.85 bits per heavy atom. The minimum atomic E-state index is -0.640. The summed E-state index contributed by atoms with van der Waals surface area (Å²) < 4.78 is 6.26. The molecule has 2 aliphatic rings. The topological polar surface area (TPSA) is 42.4 Å². The van der Waals surface area contributed by atoms with E-state index in [1.807, 2.05) is 55.6 Å². The van der Waals surface area contributed by atoms with Crippen LogP contribution in [0.2, 0.25) is 0 Å². The van der Waals surface area contributed by atoms with Gasteiger partial charge in [-0.05, 0) is 43.4 Å². The molecule has 5 rings (SSSR count). The number of likely N-dealkylation sites (N-methyl/N-ethyl adjacent to an activating group) is 1. The van der Waals surface area contributed by atoms with Crippen LogP contribution in [-0.2, 0) is 17.6 Å². The molecule has 1 amide bonds. The third kappa shape index (κ3) is 2.22. The number of fused-ring (bicyclic) bond motifs is 2. The number of hydrogen-bond donors (Lipinski definition) is 0. The standard InChI is InChI=1S/C22H20N2O2/c1-24-20-15-10-5-6-11-16(15)23-17-12-7-13-18(19(17)20)26-21(22(24)25)14-8-3-2-4-9-14/h2-4,7-9,12-13,21H,5-6,10-11H2,1H3. The van der Waals surface area contributed by atoms with Crippen molar-refractivity contribution in [3.05, 3.63) is 65.4 Å². The number of ether oxygens (including phenoxy) is 1. The Bertz CT molecular complexity index is 1010. The lowest BCUT2D eigenvalue weighted by molar-refractivity contribution is -0.125. The zero-order valence-electron chi connectivity index (χ0n) is 14.7. The summed E-state index contributed by atoms with van der Waals surface area (Å²) in [5, 5.41) is 0.961. The molecule has 3 aromatic rings. The van der Waals surface area contributed by atoms with Crippen molar-refractivity contribution in [3.63, 3.8) is 0 Å². The highest BCUT2D eigenvalue weighted by Crippen LogP contribution is 2.44. The van der Waals surface area contributed by atoms with Crippen molar-refractivity contribution in [1.82, 2.24) is 4.98 Å². The fraction of sp³-hybridized carbons (Fsp3) is 0.273. The van der Waals surface area contributed by atoms with Gasteiger partial charge in [-0.1, -0.05) is 36.4 Å². The number of benzene rings is 2. The number of nitrogens with zero attached hydrogens (tertiary/aromatic N) is 2. The van der Waals surface area contributed by atoms with Gasteiger partial charge in [0.15, 0.2) is 0 Å². The first-order chi connectivity index (χ1) is 12.7. The number of amides is 1. The summed E-state index contributed by atoms with van der Waals surface area (Å²) in [6, 6.07) is 15.6.